The Morgan fingerprint density at radius 1 is 1.15 bits per heavy atom. The number of amides is 2. The number of nitrogens with zero attached hydrogens (tertiary/aromatic N) is 1. The van der Waals surface area contributed by atoms with Crippen molar-refractivity contribution in [3.63, 3.8) is 0 Å². The van der Waals surface area contributed by atoms with Crippen LogP contribution in [-0.2, 0) is 28.5 Å². The van der Waals surface area contributed by atoms with Gasteiger partial charge in [-0.15, -0.1) is 6.58 Å². The Kier molecular flexibility index (Phi) is 6.77. The summed E-state index contributed by atoms with van der Waals surface area (Å²) in [6.45, 7) is 10.0. The summed E-state index contributed by atoms with van der Waals surface area (Å²) < 4.78 is 19.6. The van der Waals surface area contributed by atoms with E-state index in [0.717, 1.165) is 19.1 Å². The third-order valence-corrected chi connectivity index (χ3v) is 3.87. The first-order valence-electron chi connectivity index (χ1n) is 7.99. The standard InChI is InChI=1S/C17H25NO8/c1-8-10-11(14(20)23-6)13(19)18(15(21)26-17(3,4)5)9(2)12(10)25-16(22)24-7/h8-12H,1H2,2-7H3/t9-,10+,11-,12-/m0/s1. The largest absolute Gasteiger partial charge is 0.508 e. The van der Waals surface area contributed by atoms with Gasteiger partial charge in [0.15, 0.2) is 0 Å². The Labute approximate surface area is 152 Å². The Hall–Kier alpha value is -2.58. The predicted octanol–water partition coefficient (Wildman–Crippen LogP) is 1.90. The summed E-state index contributed by atoms with van der Waals surface area (Å²) in [5, 5.41) is 0. The number of carbonyl (C=O) groups excluding carboxylic acids is 4. The van der Waals surface area contributed by atoms with Crippen molar-refractivity contribution >= 4 is 24.1 Å². The van der Waals surface area contributed by atoms with Crippen molar-refractivity contribution in [3.8, 4) is 0 Å². The molecular formula is C17H25NO8. The van der Waals surface area contributed by atoms with Crippen molar-refractivity contribution in [1.29, 1.82) is 0 Å². The van der Waals surface area contributed by atoms with Crippen molar-refractivity contribution in [2.24, 2.45) is 11.8 Å². The zero-order valence-corrected chi connectivity index (χ0v) is 15.8. The summed E-state index contributed by atoms with van der Waals surface area (Å²) in [6.07, 6.45) is -1.72. The van der Waals surface area contributed by atoms with Gasteiger partial charge in [-0.05, 0) is 27.7 Å². The van der Waals surface area contributed by atoms with Crippen molar-refractivity contribution in [3.05, 3.63) is 12.7 Å². The van der Waals surface area contributed by atoms with Crippen LogP contribution in [0.5, 0.6) is 0 Å². The molecule has 0 spiro atoms. The van der Waals surface area contributed by atoms with Crippen molar-refractivity contribution in [2.45, 2.75) is 45.4 Å². The number of methoxy groups -OCH3 is 2. The summed E-state index contributed by atoms with van der Waals surface area (Å²) in [7, 11) is 2.23. The van der Waals surface area contributed by atoms with E-state index in [1.165, 1.54) is 13.0 Å². The number of hydrogen-bond donors (Lipinski definition) is 0. The molecule has 2 amide bonds. The van der Waals surface area contributed by atoms with Gasteiger partial charge < -0.3 is 18.9 Å². The molecule has 1 saturated heterocycles. The minimum absolute atomic E-state index is 0.764. The van der Waals surface area contributed by atoms with E-state index in [-0.39, 0.29) is 0 Å². The van der Waals surface area contributed by atoms with Crippen LogP contribution >= 0.6 is 0 Å². The SMILES string of the molecule is C=C[C@@H]1[C@H](C(=O)OC)C(=O)N(C(=O)OC(C)(C)C)[C@@H](C)[C@@H]1OC(=O)OC. The molecule has 0 aromatic rings. The lowest BCUT2D eigenvalue weighted by Gasteiger charge is -2.43. The number of esters is 1. The monoisotopic (exact) mass is 371 g/mol. The van der Waals surface area contributed by atoms with Gasteiger partial charge in [0.2, 0.25) is 5.91 Å². The lowest BCUT2D eigenvalue weighted by Crippen LogP contribution is -2.63. The Balaban J connectivity index is 3.35. The number of likely N-dealkylation sites (tertiary alicyclic amines) is 1. The highest BCUT2D eigenvalue weighted by atomic mass is 16.7. The predicted molar refractivity (Wildman–Crippen MR) is 89.0 cm³/mol. The van der Waals surface area contributed by atoms with Crippen LogP contribution in [0, 0.1) is 11.8 Å². The number of carbonyl (C=O) groups is 4. The molecule has 1 rings (SSSR count). The Bertz CT molecular complexity index is 594. The molecule has 1 aliphatic rings. The van der Waals surface area contributed by atoms with Gasteiger partial charge in [0.1, 0.15) is 17.6 Å². The van der Waals surface area contributed by atoms with E-state index in [1.54, 1.807) is 20.8 Å². The molecule has 0 aromatic heterocycles. The highest BCUT2D eigenvalue weighted by molar-refractivity contribution is 6.05. The third-order valence-electron chi connectivity index (χ3n) is 3.87. The maximum absolute atomic E-state index is 12.8. The Morgan fingerprint density at radius 2 is 1.73 bits per heavy atom. The smallest absolute Gasteiger partial charge is 0.468 e. The van der Waals surface area contributed by atoms with Crippen LogP contribution < -0.4 is 0 Å². The summed E-state index contributed by atoms with van der Waals surface area (Å²) in [6, 6.07) is -0.916. The molecular weight excluding hydrogens is 346 g/mol. The highest BCUT2D eigenvalue weighted by Gasteiger charge is 2.54. The first-order chi connectivity index (χ1) is 12.0. The zero-order chi connectivity index (χ0) is 20.2. The van der Waals surface area contributed by atoms with Gasteiger partial charge in [0.25, 0.3) is 0 Å². The van der Waals surface area contributed by atoms with E-state index in [4.69, 9.17) is 9.47 Å². The van der Waals surface area contributed by atoms with Gasteiger partial charge in [-0.1, -0.05) is 6.08 Å². The maximum atomic E-state index is 12.8. The molecule has 1 fully saturated rings. The molecule has 26 heavy (non-hydrogen) atoms. The summed E-state index contributed by atoms with van der Waals surface area (Å²) in [5.74, 6) is -3.99. The molecule has 0 aliphatic carbocycles. The van der Waals surface area contributed by atoms with Crippen LogP contribution in [0.2, 0.25) is 0 Å². The van der Waals surface area contributed by atoms with E-state index in [2.05, 4.69) is 16.1 Å². The fourth-order valence-electron chi connectivity index (χ4n) is 2.73. The second-order valence-electron chi connectivity index (χ2n) is 6.78. The summed E-state index contributed by atoms with van der Waals surface area (Å²) in [5.41, 5.74) is -0.869. The van der Waals surface area contributed by atoms with Crippen molar-refractivity contribution < 1.29 is 38.1 Å². The van der Waals surface area contributed by atoms with E-state index in [0.29, 0.717) is 0 Å². The number of piperidine rings is 1. The van der Waals surface area contributed by atoms with Crippen molar-refractivity contribution in [1.82, 2.24) is 4.90 Å². The van der Waals surface area contributed by atoms with Crippen molar-refractivity contribution in [2.75, 3.05) is 14.2 Å². The molecule has 0 unspecified atom stereocenters. The summed E-state index contributed by atoms with van der Waals surface area (Å²) >= 11 is 0. The highest BCUT2D eigenvalue weighted by Crippen LogP contribution is 2.34. The maximum Gasteiger partial charge on any atom is 0.508 e. The molecule has 9 nitrogen and oxygen atoms in total. The third kappa shape index (κ3) is 4.53. The molecule has 1 heterocycles. The minimum atomic E-state index is -1.41. The fraction of sp³-hybridized carbons (Fsp3) is 0.647. The second-order valence-corrected chi connectivity index (χ2v) is 6.78. The lowest BCUT2D eigenvalue weighted by molar-refractivity contribution is -0.166. The van der Waals surface area contributed by atoms with Gasteiger partial charge in [-0.3, -0.25) is 9.59 Å². The van der Waals surface area contributed by atoms with Gasteiger partial charge in [-0.25, -0.2) is 14.5 Å². The quantitative estimate of drug-likeness (QED) is 0.320. The molecule has 0 bridgehead atoms. The van der Waals surface area contributed by atoms with E-state index in [9.17, 15) is 19.2 Å². The molecule has 0 radical (unpaired) electrons. The molecule has 0 N–H and O–H groups in total. The molecule has 9 heteroatoms. The fourth-order valence-corrected chi connectivity index (χ4v) is 2.73. The van der Waals surface area contributed by atoms with E-state index in [1.807, 2.05) is 0 Å². The van der Waals surface area contributed by atoms with Gasteiger partial charge in [0.05, 0.1) is 20.3 Å². The molecule has 0 saturated carbocycles. The van der Waals surface area contributed by atoms with E-state index < -0.39 is 53.7 Å². The molecule has 1 aliphatic heterocycles. The normalized spacial score (nSPS) is 25.9. The zero-order valence-electron chi connectivity index (χ0n) is 15.8. The molecule has 4 atom stereocenters. The number of imide groups is 1. The van der Waals surface area contributed by atoms with Crippen LogP contribution in [0.4, 0.5) is 9.59 Å². The van der Waals surface area contributed by atoms with Crippen LogP contribution in [-0.4, -0.2) is 61.0 Å². The number of rotatable bonds is 3. The van der Waals surface area contributed by atoms with Gasteiger partial charge >= 0.3 is 18.2 Å². The van der Waals surface area contributed by atoms with Gasteiger partial charge in [0, 0.05) is 5.92 Å². The average molecular weight is 371 g/mol. The van der Waals surface area contributed by atoms with Crippen LogP contribution in [0.3, 0.4) is 0 Å². The van der Waals surface area contributed by atoms with Crippen LogP contribution in [0.1, 0.15) is 27.7 Å². The first-order valence-corrected chi connectivity index (χ1v) is 7.99. The topological polar surface area (TPSA) is 108 Å². The minimum Gasteiger partial charge on any atom is -0.468 e. The first kappa shape index (κ1) is 21.5. The van der Waals surface area contributed by atoms with Gasteiger partial charge in [-0.2, -0.15) is 0 Å². The van der Waals surface area contributed by atoms with Crippen LogP contribution in [0.15, 0.2) is 12.7 Å². The second kappa shape index (κ2) is 8.20. The Morgan fingerprint density at radius 3 is 2.15 bits per heavy atom. The van der Waals surface area contributed by atoms with Crippen LogP contribution in [0.25, 0.3) is 0 Å². The molecule has 146 valence electrons. The number of hydrogen-bond acceptors (Lipinski definition) is 8. The average Bonchev–Trinajstić information content (AvgIpc) is 2.54. The van der Waals surface area contributed by atoms with E-state index >= 15 is 0 Å². The lowest BCUT2D eigenvalue weighted by atomic mass is 9.79. The molecule has 0 aromatic carbocycles. The number of ether oxygens (including phenoxy) is 4. The summed E-state index contributed by atoms with van der Waals surface area (Å²) in [4.78, 5) is 49.9.